The number of hydrogen-bond acceptors (Lipinski definition) is 4. The van der Waals surface area contributed by atoms with Crippen molar-refractivity contribution in [3.63, 3.8) is 0 Å². The number of aryl methyl sites for hydroxylation is 1. The van der Waals surface area contributed by atoms with Crippen molar-refractivity contribution in [3.05, 3.63) is 36.0 Å². The Hall–Kier alpha value is -1.88. The van der Waals surface area contributed by atoms with E-state index in [1.807, 2.05) is 6.07 Å². The molecular formula is C15H19FN2O2. The highest BCUT2D eigenvalue weighted by Crippen LogP contribution is 2.22. The molecule has 0 spiro atoms. The van der Waals surface area contributed by atoms with E-state index >= 15 is 0 Å². The lowest BCUT2D eigenvalue weighted by molar-refractivity contribution is 0.347. The maximum Gasteiger partial charge on any atom is 0.195 e. The van der Waals surface area contributed by atoms with Crippen LogP contribution in [0.25, 0.3) is 11.1 Å². The Labute approximate surface area is 117 Å². The lowest BCUT2D eigenvalue weighted by atomic mass is 10.2. The van der Waals surface area contributed by atoms with Gasteiger partial charge in [-0.2, -0.15) is 0 Å². The number of nitrogens with two attached hydrogens (primary N) is 1. The third kappa shape index (κ3) is 3.57. The van der Waals surface area contributed by atoms with Crippen LogP contribution in [-0.2, 0) is 6.42 Å². The Morgan fingerprint density at radius 1 is 1.50 bits per heavy atom. The number of hydrogen-bond donors (Lipinski definition) is 1. The van der Waals surface area contributed by atoms with Crippen LogP contribution < -0.4 is 10.5 Å². The molecule has 2 rings (SSSR count). The van der Waals surface area contributed by atoms with Gasteiger partial charge in [0, 0.05) is 24.6 Å². The molecule has 0 aliphatic rings. The van der Waals surface area contributed by atoms with E-state index in [0.717, 1.165) is 30.7 Å². The molecule has 1 aromatic heterocycles. The van der Waals surface area contributed by atoms with E-state index in [0.29, 0.717) is 23.2 Å². The van der Waals surface area contributed by atoms with Crippen molar-refractivity contribution < 1.29 is 13.5 Å². The van der Waals surface area contributed by atoms with E-state index in [1.165, 1.54) is 0 Å². The van der Waals surface area contributed by atoms with Gasteiger partial charge in [0.2, 0.25) is 0 Å². The first-order chi connectivity index (χ1) is 9.76. The Kier molecular flexibility index (Phi) is 5.12. The van der Waals surface area contributed by atoms with Gasteiger partial charge in [-0.15, -0.1) is 0 Å². The molecule has 0 bridgehead atoms. The van der Waals surface area contributed by atoms with E-state index < -0.39 is 0 Å². The van der Waals surface area contributed by atoms with Crippen molar-refractivity contribution >= 4 is 11.1 Å². The maximum absolute atomic E-state index is 12.4. The zero-order valence-corrected chi connectivity index (χ0v) is 11.6. The van der Waals surface area contributed by atoms with E-state index in [9.17, 15) is 4.39 Å². The second-order valence-electron chi connectivity index (χ2n) is 4.60. The van der Waals surface area contributed by atoms with Crippen LogP contribution >= 0.6 is 0 Å². The van der Waals surface area contributed by atoms with E-state index in [1.54, 1.807) is 12.1 Å². The van der Waals surface area contributed by atoms with Gasteiger partial charge in [0.25, 0.3) is 0 Å². The number of nitrogens with zero attached hydrogens (tertiary/aromatic N) is 1. The fourth-order valence-corrected chi connectivity index (χ4v) is 1.79. The standard InChI is InChI=1S/C15H19FN2O2/c1-2-3-4-15-18-13-6-5-12(7-14(13)20-15)19-10-11(8-16)9-17/h5-8H,2-4,9-10,17H2,1H3/b11-8+. The van der Waals surface area contributed by atoms with Crippen molar-refractivity contribution in [3.8, 4) is 5.75 Å². The Balaban J connectivity index is 2.08. The van der Waals surface area contributed by atoms with Crippen molar-refractivity contribution in [2.24, 2.45) is 5.73 Å². The SMILES string of the molecule is CCCCc1nc2ccc(OC/C(=C/F)CN)cc2o1. The number of benzene rings is 1. The summed E-state index contributed by atoms with van der Waals surface area (Å²) in [5.41, 5.74) is 7.28. The third-order valence-corrected chi connectivity index (χ3v) is 2.99. The molecule has 0 aliphatic carbocycles. The quantitative estimate of drug-likeness (QED) is 0.843. The lowest BCUT2D eigenvalue weighted by Gasteiger charge is -2.06. The first-order valence-corrected chi connectivity index (χ1v) is 6.77. The van der Waals surface area contributed by atoms with E-state index in [4.69, 9.17) is 14.9 Å². The van der Waals surface area contributed by atoms with Gasteiger partial charge >= 0.3 is 0 Å². The Bertz CT molecular complexity index is 593. The first-order valence-electron chi connectivity index (χ1n) is 6.77. The summed E-state index contributed by atoms with van der Waals surface area (Å²) in [6, 6.07) is 5.40. The molecule has 4 nitrogen and oxygen atoms in total. The van der Waals surface area contributed by atoms with Crippen molar-refractivity contribution in [2.75, 3.05) is 13.2 Å². The second kappa shape index (κ2) is 7.05. The summed E-state index contributed by atoms with van der Waals surface area (Å²) in [5.74, 6) is 1.36. The molecule has 2 aromatic rings. The van der Waals surface area contributed by atoms with Crippen LogP contribution in [0.5, 0.6) is 5.75 Å². The van der Waals surface area contributed by atoms with Crippen LogP contribution in [0.4, 0.5) is 4.39 Å². The molecule has 0 unspecified atom stereocenters. The van der Waals surface area contributed by atoms with Gasteiger partial charge in [-0.3, -0.25) is 0 Å². The normalized spacial score (nSPS) is 12.1. The summed E-state index contributed by atoms with van der Waals surface area (Å²) in [5, 5.41) is 0. The predicted molar refractivity (Wildman–Crippen MR) is 76.4 cm³/mol. The van der Waals surface area contributed by atoms with Gasteiger partial charge in [-0.05, 0) is 18.6 Å². The summed E-state index contributed by atoms with van der Waals surface area (Å²) in [6.45, 7) is 2.40. The van der Waals surface area contributed by atoms with Crippen LogP contribution in [0, 0.1) is 0 Å². The van der Waals surface area contributed by atoms with Crippen LogP contribution in [0.15, 0.2) is 34.5 Å². The summed E-state index contributed by atoms with van der Waals surface area (Å²) in [7, 11) is 0. The molecule has 2 N–H and O–H groups in total. The Morgan fingerprint density at radius 3 is 3.05 bits per heavy atom. The zero-order valence-electron chi connectivity index (χ0n) is 11.6. The molecule has 0 fully saturated rings. The van der Waals surface area contributed by atoms with E-state index in [2.05, 4.69) is 11.9 Å². The highest BCUT2D eigenvalue weighted by atomic mass is 19.1. The number of ether oxygens (including phenoxy) is 1. The molecule has 0 atom stereocenters. The fraction of sp³-hybridized carbons (Fsp3) is 0.400. The molecular weight excluding hydrogens is 259 g/mol. The summed E-state index contributed by atoms with van der Waals surface area (Å²) >= 11 is 0. The number of unbranched alkanes of at least 4 members (excludes halogenated alkanes) is 1. The van der Waals surface area contributed by atoms with Crippen molar-refractivity contribution in [1.82, 2.24) is 4.98 Å². The monoisotopic (exact) mass is 278 g/mol. The van der Waals surface area contributed by atoms with Crippen LogP contribution in [0.2, 0.25) is 0 Å². The molecule has 0 saturated carbocycles. The van der Waals surface area contributed by atoms with Crippen LogP contribution in [0.3, 0.4) is 0 Å². The highest BCUT2D eigenvalue weighted by Gasteiger charge is 2.07. The van der Waals surface area contributed by atoms with Gasteiger partial charge in [0.15, 0.2) is 11.5 Å². The minimum absolute atomic E-state index is 0.134. The summed E-state index contributed by atoms with van der Waals surface area (Å²) in [4.78, 5) is 4.41. The van der Waals surface area contributed by atoms with Gasteiger partial charge in [0.1, 0.15) is 17.9 Å². The summed E-state index contributed by atoms with van der Waals surface area (Å²) < 4.78 is 23.5. The van der Waals surface area contributed by atoms with Crippen molar-refractivity contribution in [1.29, 1.82) is 0 Å². The maximum atomic E-state index is 12.4. The second-order valence-corrected chi connectivity index (χ2v) is 4.60. The van der Waals surface area contributed by atoms with Crippen LogP contribution in [0.1, 0.15) is 25.7 Å². The summed E-state index contributed by atoms with van der Waals surface area (Å²) in [6.07, 6.45) is 3.47. The van der Waals surface area contributed by atoms with Gasteiger partial charge in [0.05, 0.1) is 6.33 Å². The molecule has 1 aromatic carbocycles. The molecule has 108 valence electrons. The molecule has 0 aliphatic heterocycles. The van der Waals surface area contributed by atoms with Gasteiger partial charge < -0.3 is 14.9 Å². The van der Waals surface area contributed by atoms with E-state index in [-0.39, 0.29) is 13.2 Å². The molecule has 0 saturated heterocycles. The smallest absolute Gasteiger partial charge is 0.195 e. The topological polar surface area (TPSA) is 61.3 Å². The first kappa shape index (κ1) is 14.5. The number of oxazole rings is 1. The minimum Gasteiger partial charge on any atom is -0.489 e. The van der Waals surface area contributed by atoms with Gasteiger partial charge in [-0.25, -0.2) is 9.37 Å². The van der Waals surface area contributed by atoms with Crippen LogP contribution in [-0.4, -0.2) is 18.1 Å². The largest absolute Gasteiger partial charge is 0.489 e. The number of halogens is 1. The minimum atomic E-state index is 0.134. The number of rotatable bonds is 7. The molecule has 1 heterocycles. The molecule has 20 heavy (non-hydrogen) atoms. The third-order valence-electron chi connectivity index (χ3n) is 2.99. The number of fused-ring (bicyclic) bond motifs is 1. The number of aromatic nitrogens is 1. The van der Waals surface area contributed by atoms with Gasteiger partial charge in [-0.1, -0.05) is 13.3 Å². The van der Waals surface area contributed by atoms with Crippen molar-refractivity contribution in [2.45, 2.75) is 26.2 Å². The average molecular weight is 278 g/mol. The zero-order chi connectivity index (χ0) is 14.4. The lowest BCUT2D eigenvalue weighted by Crippen LogP contribution is -2.10. The highest BCUT2D eigenvalue weighted by molar-refractivity contribution is 5.74. The average Bonchev–Trinajstić information content (AvgIpc) is 2.88. The predicted octanol–water partition coefficient (Wildman–Crippen LogP) is 3.36. The molecule has 0 amide bonds. The fourth-order valence-electron chi connectivity index (χ4n) is 1.79. The Morgan fingerprint density at radius 2 is 2.35 bits per heavy atom. The molecule has 5 heteroatoms. The molecule has 0 radical (unpaired) electrons.